The minimum Gasteiger partial charge on any atom is -0.481 e. The molecule has 2 N–H and O–H groups in total. The van der Waals surface area contributed by atoms with Gasteiger partial charge in [-0.2, -0.15) is 0 Å². The molecule has 1 unspecified atom stereocenters. The number of carboxylic acid groups (broad SMARTS) is 1. The number of hydrogen-bond donors (Lipinski definition) is 2. The summed E-state index contributed by atoms with van der Waals surface area (Å²) in [5.41, 5.74) is 2.10. The van der Waals surface area contributed by atoms with Crippen LogP contribution in [-0.4, -0.2) is 31.7 Å². The second-order valence-electron chi connectivity index (χ2n) is 9.18. The summed E-state index contributed by atoms with van der Waals surface area (Å²) < 4.78 is 29.4. The molecule has 0 spiro atoms. The summed E-state index contributed by atoms with van der Waals surface area (Å²) in [7, 11) is -3.33. The second kappa shape index (κ2) is 11.5. The number of benzene rings is 4. The average molecular weight is 532 g/mol. The number of carboxylic acids is 1. The lowest BCUT2D eigenvalue weighted by atomic mass is 9.98. The molecular formula is C30H29NO6S. The van der Waals surface area contributed by atoms with Crippen LogP contribution in [0.25, 0.3) is 10.8 Å². The lowest BCUT2D eigenvalue weighted by Crippen LogP contribution is -2.27. The summed E-state index contributed by atoms with van der Waals surface area (Å²) in [6, 6.07) is 24.8. The monoisotopic (exact) mass is 531 g/mol. The summed E-state index contributed by atoms with van der Waals surface area (Å²) in [6.07, 6.45) is 1.94. The van der Waals surface area contributed by atoms with Crippen LogP contribution in [0.4, 0.5) is 0 Å². The summed E-state index contributed by atoms with van der Waals surface area (Å²) in [6.45, 7) is 1.92. The van der Waals surface area contributed by atoms with Gasteiger partial charge in [-0.1, -0.05) is 48.5 Å². The Hall–Kier alpha value is -4.17. The Balaban J connectivity index is 1.60. The maximum Gasteiger partial charge on any atom is 0.303 e. The molecule has 0 fully saturated rings. The first-order chi connectivity index (χ1) is 18.1. The van der Waals surface area contributed by atoms with E-state index in [1.807, 2.05) is 49.4 Å². The van der Waals surface area contributed by atoms with Crippen molar-refractivity contribution in [3.63, 3.8) is 0 Å². The molecule has 4 rings (SSSR count). The van der Waals surface area contributed by atoms with Crippen molar-refractivity contribution < 1.29 is 27.9 Å². The molecule has 8 heteroatoms. The first-order valence-corrected chi connectivity index (χ1v) is 14.1. The Bertz CT molecular complexity index is 1570. The molecule has 0 aliphatic carbocycles. The van der Waals surface area contributed by atoms with Crippen LogP contribution in [0.5, 0.6) is 11.5 Å². The summed E-state index contributed by atoms with van der Waals surface area (Å²) in [4.78, 5) is 24.7. The third-order valence-electron chi connectivity index (χ3n) is 6.29. The van der Waals surface area contributed by atoms with Crippen LogP contribution in [0.2, 0.25) is 0 Å². The quantitative estimate of drug-likeness (QED) is 0.262. The van der Waals surface area contributed by atoms with Crippen LogP contribution in [0, 0.1) is 0 Å². The zero-order valence-electron chi connectivity index (χ0n) is 21.2. The second-order valence-corrected chi connectivity index (χ2v) is 11.2. The zero-order chi connectivity index (χ0) is 27.3. The Morgan fingerprint density at radius 3 is 2.32 bits per heavy atom. The fourth-order valence-corrected chi connectivity index (χ4v) is 4.98. The molecule has 0 aromatic heterocycles. The Morgan fingerprint density at radius 2 is 1.61 bits per heavy atom. The molecule has 0 saturated carbocycles. The van der Waals surface area contributed by atoms with Gasteiger partial charge < -0.3 is 15.2 Å². The normalized spacial score (nSPS) is 12.2. The van der Waals surface area contributed by atoms with Gasteiger partial charge in [0.25, 0.3) is 5.91 Å². The van der Waals surface area contributed by atoms with E-state index in [0.717, 1.165) is 22.6 Å². The van der Waals surface area contributed by atoms with E-state index in [9.17, 15) is 18.0 Å². The number of nitrogens with one attached hydrogen (secondary N) is 1. The van der Waals surface area contributed by atoms with Crippen molar-refractivity contribution in [3.8, 4) is 11.5 Å². The van der Waals surface area contributed by atoms with Crippen molar-refractivity contribution in [1.82, 2.24) is 5.32 Å². The largest absolute Gasteiger partial charge is 0.481 e. The number of sulfone groups is 1. The molecule has 0 heterocycles. The Kier molecular flexibility index (Phi) is 8.12. The molecule has 38 heavy (non-hydrogen) atoms. The highest BCUT2D eigenvalue weighted by Crippen LogP contribution is 2.28. The third-order valence-corrected chi connectivity index (χ3v) is 7.42. The molecule has 4 aromatic rings. The lowest BCUT2D eigenvalue weighted by molar-refractivity contribution is -0.137. The standard InChI is InChI=1S/C30H29NO6S/c1-20(26-11-5-8-21-7-3-4-10-27(21)26)31-30(34)28-19-24(14-13-22(28)9-6-12-29(32)33)37-23-15-17-25(18-16-23)38(2,35)36/h3-5,7-8,10-11,13-20H,6,9,12H2,1-2H3,(H,31,34)(H,32,33). The molecule has 0 aliphatic heterocycles. The summed E-state index contributed by atoms with van der Waals surface area (Å²) >= 11 is 0. The van der Waals surface area contributed by atoms with E-state index in [4.69, 9.17) is 9.84 Å². The molecular weight excluding hydrogens is 502 g/mol. The molecule has 0 saturated heterocycles. The number of aryl methyl sites for hydroxylation is 1. The molecule has 0 aliphatic rings. The van der Waals surface area contributed by atoms with Crippen molar-refractivity contribution in [2.45, 2.75) is 37.1 Å². The van der Waals surface area contributed by atoms with Gasteiger partial charge in [0.05, 0.1) is 10.9 Å². The first kappa shape index (κ1) is 26.9. The fraction of sp³-hybridized carbons (Fsp3) is 0.200. The van der Waals surface area contributed by atoms with Gasteiger partial charge >= 0.3 is 5.97 Å². The van der Waals surface area contributed by atoms with E-state index < -0.39 is 15.8 Å². The number of amides is 1. The Morgan fingerprint density at radius 1 is 0.921 bits per heavy atom. The number of ether oxygens (including phenoxy) is 1. The van der Waals surface area contributed by atoms with E-state index in [2.05, 4.69) is 5.32 Å². The molecule has 196 valence electrons. The summed E-state index contributed by atoms with van der Waals surface area (Å²) in [5.74, 6) is -0.361. The number of carbonyl (C=O) groups excluding carboxylic acids is 1. The SMILES string of the molecule is CC(NC(=O)c1cc(Oc2ccc(S(C)(=O)=O)cc2)ccc1CCCC(=O)O)c1cccc2ccccc12. The maximum atomic E-state index is 13.5. The predicted octanol–water partition coefficient (Wildman–Crippen LogP) is 5.93. The van der Waals surface area contributed by atoms with Crippen molar-refractivity contribution in [2.24, 2.45) is 0 Å². The number of carbonyl (C=O) groups is 2. The van der Waals surface area contributed by atoms with Crippen LogP contribution in [0.1, 0.15) is 47.3 Å². The fourth-order valence-electron chi connectivity index (χ4n) is 4.35. The average Bonchev–Trinajstić information content (AvgIpc) is 2.88. The third kappa shape index (κ3) is 6.58. The Labute approximate surface area is 222 Å². The van der Waals surface area contributed by atoms with Crippen LogP contribution >= 0.6 is 0 Å². The van der Waals surface area contributed by atoms with E-state index in [-0.39, 0.29) is 23.3 Å². The van der Waals surface area contributed by atoms with Gasteiger partial charge in [-0.15, -0.1) is 0 Å². The number of rotatable bonds is 10. The first-order valence-electron chi connectivity index (χ1n) is 12.2. The smallest absolute Gasteiger partial charge is 0.303 e. The van der Waals surface area contributed by atoms with Crippen LogP contribution in [0.15, 0.2) is 89.8 Å². The van der Waals surface area contributed by atoms with E-state index >= 15 is 0 Å². The molecule has 0 bridgehead atoms. The van der Waals surface area contributed by atoms with Crippen LogP contribution in [-0.2, 0) is 21.1 Å². The lowest BCUT2D eigenvalue weighted by Gasteiger charge is -2.19. The minimum atomic E-state index is -3.33. The molecule has 4 aromatic carbocycles. The molecule has 1 amide bonds. The van der Waals surface area contributed by atoms with Gasteiger partial charge in [0.2, 0.25) is 0 Å². The van der Waals surface area contributed by atoms with Gasteiger partial charge in [0, 0.05) is 18.2 Å². The van der Waals surface area contributed by atoms with Crippen LogP contribution < -0.4 is 10.1 Å². The van der Waals surface area contributed by atoms with Crippen molar-refractivity contribution in [1.29, 1.82) is 0 Å². The van der Waals surface area contributed by atoms with Crippen molar-refractivity contribution >= 4 is 32.5 Å². The topological polar surface area (TPSA) is 110 Å². The highest BCUT2D eigenvalue weighted by molar-refractivity contribution is 7.90. The van der Waals surface area contributed by atoms with Gasteiger partial charge in [-0.25, -0.2) is 8.42 Å². The van der Waals surface area contributed by atoms with Crippen molar-refractivity contribution in [2.75, 3.05) is 6.26 Å². The van der Waals surface area contributed by atoms with E-state index in [0.29, 0.717) is 35.5 Å². The zero-order valence-corrected chi connectivity index (χ0v) is 22.0. The minimum absolute atomic E-state index is 0.00158. The number of fused-ring (bicyclic) bond motifs is 1. The van der Waals surface area contributed by atoms with E-state index in [1.165, 1.54) is 12.1 Å². The maximum absolute atomic E-state index is 13.5. The van der Waals surface area contributed by atoms with Gasteiger partial charge in [-0.3, -0.25) is 9.59 Å². The highest BCUT2D eigenvalue weighted by atomic mass is 32.2. The van der Waals surface area contributed by atoms with Gasteiger partial charge in [0.1, 0.15) is 11.5 Å². The van der Waals surface area contributed by atoms with Gasteiger partial charge in [0.15, 0.2) is 9.84 Å². The van der Waals surface area contributed by atoms with Crippen LogP contribution in [0.3, 0.4) is 0 Å². The van der Waals surface area contributed by atoms with Gasteiger partial charge in [-0.05, 0) is 78.1 Å². The summed E-state index contributed by atoms with van der Waals surface area (Å²) in [5, 5.41) is 14.3. The highest BCUT2D eigenvalue weighted by Gasteiger charge is 2.18. The number of hydrogen-bond acceptors (Lipinski definition) is 5. The van der Waals surface area contributed by atoms with E-state index in [1.54, 1.807) is 30.3 Å². The predicted molar refractivity (Wildman–Crippen MR) is 146 cm³/mol. The molecule has 0 radical (unpaired) electrons. The number of aliphatic carboxylic acids is 1. The molecule has 1 atom stereocenters. The van der Waals surface area contributed by atoms with Crippen molar-refractivity contribution in [3.05, 3.63) is 102 Å². The molecule has 7 nitrogen and oxygen atoms in total.